The maximum Gasteiger partial charge on any atom is 0.228 e. The second kappa shape index (κ2) is 7.21. The SMILES string of the molecule is O=C(CCN1CCOCC1)N1CC2CCCN2Cc2ccccc21. The van der Waals surface area contributed by atoms with Crippen molar-refractivity contribution in [3.63, 3.8) is 0 Å². The molecule has 3 aliphatic heterocycles. The number of benzene rings is 1. The van der Waals surface area contributed by atoms with Crippen molar-refractivity contribution < 1.29 is 9.53 Å². The zero-order valence-electron chi connectivity index (χ0n) is 14.3. The average molecular weight is 329 g/mol. The molecule has 130 valence electrons. The van der Waals surface area contributed by atoms with Crippen LogP contribution < -0.4 is 4.90 Å². The molecule has 1 aromatic carbocycles. The van der Waals surface area contributed by atoms with Gasteiger partial charge in [0.2, 0.25) is 5.91 Å². The quantitative estimate of drug-likeness (QED) is 0.846. The van der Waals surface area contributed by atoms with E-state index in [9.17, 15) is 4.79 Å². The highest BCUT2D eigenvalue weighted by molar-refractivity contribution is 5.94. The number of morpholine rings is 1. The Kier molecular flexibility index (Phi) is 4.83. The predicted octanol–water partition coefficient (Wildman–Crippen LogP) is 1.72. The van der Waals surface area contributed by atoms with Gasteiger partial charge in [0.25, 0.3) is 0 Å². The molecule has 24 heavy (non-hydrogen) atoms. The molecular formula is C19H27N3O2. The number of hydrogen-bond donors (Lipinski definition) is 0. The fraction of sp³-hybridized carbons (Fsp3) is 0.632. The second-order valence-electron chi connectivity index (χ2n) is 7.10. The molecule has 0 radical (unpaired) electrons. The molecule has 0 aromatic heterocycles. The van der Waals surface area contributed by atoms with Crippen LogP contribution in [-0.4, -0.2) is 67.7 Å². The number of fused-ring (bicyclic) bond motifs is 2. The number of amides is 1. The molecular weight excluding hydrogens is 302 g/mol. The Morgan fingerprint density at radius 2 is 2.00 bits per heavy atom. The summed E-state index contributed by atoms with van der Waals surface area (Å²) in [5.41, 5.74) is 2.42. The third kappa shape index (κ3) is 3.34. The molecule has 4 rings (SSSR count). The topological polar surface area (TPSA) is 36.0 Å². The molecule has 2 fully saturated rings. The summed E-state index contributed by atoms with van der Waals surface area (Å²) in [7, 11) is 0. The molecule has 0 aliphatic carbocycles. The van der Waals surface area contributed by atoms with Gasteiger partial charge < -0.3 is 9.64 Å². The third-order valence-electron chi connectivity index (χ3n) is 5.59. The Hall–Kier alpha value is -1.43. The zero-order chi connectivity index (χ0) is 16.4. The third-order valence-corrected chi connectivity index (χ3v) is 5.59. The fourth-order valence-corrected chi connectivity index (χ4v) is 4.20. The van der Waals surface area contributed by atoms with E-state index >= 15 is 0 Å². The lowest BCUT2D eigenvalue weighted by molar-refractivity contribution is -0.119. The van der Waals surface area contributed by atoms with Crippen molar-refractivity contribution in [2.45, 2.75) is 31.8 Å². The maximum atomic E-state index is 13.0. The van der Waals surface area contributed by atoms with Crippen LogP contribution >= 0.6 is 0 Å². The lowest BCUT2D eigenvalue weighted by Gasteiger charge is -2.29. The number of carbonyl (C=O) groups excluding carboxylic acids is 1. The first-order chi connectivity index (χ1) is 11.8. The molecule has 3 aliphatic rings. The number of rotatable bonds is 3. The van der Waals surface area contributed by atoms with Gasteiger partial charge in [-0.3, -0.25) is 14.6 Å². The minimum Gasteiger partial charge on any atom is -0.379 e. The number of para-hydroxylation sites is 1. The van der Waals surface area contributed by atoms with E-state index in [0.717, 1.165) is 58.2 Å². The van der Waals surface area contributed by atoms with Gasteiger partial charge >= 0.3 is 0 Å². The van der Waals surface area contributed by atoms with Crippen molar-refractivity contribution in [2.24, 2.45) is 0 Å². The van der Waals surface area contributed by atoms with Crippen LogP contribution in [0.1, 0.15) is 24.8 Å². The molecule has 3 heterocycles. The molecule has 0 saturated carbocycles. The standard InChI is InChI=1S/C19H27N3O2/c23-19(7-9-20-10-12-24-13-11-20)22-15-17-5-3-8-21(17)14-16-4-1-2-6-18(16)22/h1-2,4,6,17H,3,5,7-15H2. The molecule has 1 amide bonds. The predicted molar refractivity (Wildman–Crippen MR) is 94.1 cm³/mol. The molecule has 5 heteroatoms. The number of anilines is 1. The Morgan fingerprint density at radius 1 is 1.17 bits per heavy atom. The van der Waals surface area contributed by atoms with Gasteiger partial charge in [0, 0.05) is 50.9 Å². The zero-order valence-corrected chi connectivity index (χ0v) is 14.3. The lowest BCUT2D eigenvalue weighted by Crippen LogP contribution is -2.43. The van der Waals surface area contributed by atoms with Gasteiger partial charge in [0.05, 0.1) is 13.2 Å². The molecule has 1 aromatic rings. The largest absolute Gasteiger partial charge is 0.379 e. The maximum absolute atomic E-state index is 13.0. The van der Waals surface area contributed by atoms with Gasteiger partial charge in [0.1, 0.15) is 0 Å². The highest BCUT2D eigenvalue weighted by Crippen LogP contribution is 2.31. The van der Waals surface area contributed by atoms with Crippen molar-refractivity contribution in [3.8, 4) is 0 Å². The summed E-state index contributed by atoms with van der Waals surface area (Å²) in [5, 5.41) is 0. The molecule has 0 N–H and O–H groups in total. The molecule has 2 saturated heterocycles. The Bertz CT molecular complexity index is 586. The number of hydrogen-bond acceptors (Lipinski definition) is 4. The summed E-state index contributed by atoms with van der Waals surface area (Å²) >= 11 is 0. The smallest absolute Gasteiger partial charge is 0.228 e. The van der Waals surface area contributed by atoms with Gasteiger partial charge in [-0.25, -0.2) is 0 Å². The Morgan fingerprint density at radius 3 is 2.88 bits per heavy atom. The van der Waals surface area contributed by atoms with Crippen molar-refractivity contribution in [1.29, 1.82) is 0 Å². The highest BCUT2D eigenvalue weighted by Gasteiger charge is 2.33. The first kappa shape index (κ1) is 16.1. The average Bonchev–Trinajstić information content (AvgIpc) is 2.99. The lowest BCUT2D eigenvalue weighted by atomic mass is 10.1. The molecule has 5 nitrogen and oxygen atoms in total. The summed E-state index contributed by atoms with van der Waals surface area (Å²) in [6.45, 7) is 7.30. The van der Waals surface area contributed by atoms with Crippen LogP contribution in [0.4, 0.5) is 5.69 Å². The van der Waals surface area contributed by atoms with Crippen molar-refractivity contribution >= 4 is 11.6 Å². The van der Waals surface area contributed by atoms with Crippen LogP contribution in [0.15, 0.2) is 24.3 Å². The Labute approximate surface area is 144 Å². The summed E-state index contributed by atoms with van der Waals surface area (Å²) in [4.78, 5) is 19.9. The van der Waals surface area contributed by atoms with Crippen LogP contribution in [0, 0.1) is 0 Å². The minimum absolute atomic E-state index is 0.266. The van der Waals surface area contributed by atoms with Crippen LogP contribution in [0.25, 0.3) is 0 Å². The summed E-state index contributed by atoms with van der Waals surface area (Å²) in [5.74, 6) is 0.266. The van der Waals surface area contributed by atoms with Crippen LogP contribution in [0.2, 0.25) is 0 Å². The first-order valence-electron chi connectivity index (χ1n) is 9.24. The number of ether oxygens (including phenoxy) is 1. The monoisotopic (exact) mass is 329 g/mol. The van der Waals surface area contributed by atoms with E-state index in [-0.39, 0.29) is 5.91 Å². The second-order valence-corrected chi connectivity index (χ2v) is 7.10. The van der Waals surface area contributed by atoms with Crippen molar-refractivity contribution in [3.05, 3.63) is 29.8 Å². The minimum atomic E-state index is 0.266. The number of nitrogens with zero attached hydrogens (tertiary/aromatic N) is 3. The van der Waals surface area contributed by atoms with E-state index in [1.54, 1.807) is 0 Å². The van der Waals surface area contributed by atoms with E-state index in [2.05, 4.69) is 39.0 Å². The first-order valence-corrected chi connectivity index (χ1v) is 9.24. The van der Waals surface area contributed by atoms with Gasteiger partial charge in [-0.2, -0.15) is 0 Å². The van der Waals surface area contributed by atoms with E-state index in [0.29, 0.717) is 12.5 Å². The normalized spacial score (nSPS) is 25.2. The van der Waals surface area contributed by atoms with Crippen molar-refractivity contribution in [1.82, 2.24) is 9.80 Å². The van der Waals surface area contributed by atoms with Gasteiger partial charge in [0.15, 0.2) is 0 Å². The molecule has 1 unspecified atom stereocenters. The summed E-state index contributed by atoms with van der Waals surface area (Å²) in [6.07, 6.45) is 3.06. The van der Waals surface area contributed by atoms with Gasteiger partial charge in [-0.1, -0.05) is 18.2 Å². The molecule has 1 atom stereocenters. The van der Waals surface area contributed by atoms with Crippen LogP contribution in [0.5, 0.6) is 0 Å². The van der Waals surface area contributed by atoms with Gasteiger partial charge in [-0.15, -0.1) is 0 Å². The van der Waals surface area contributed by atoms with Crippen molar-refractivity contribution in [2.75, 3.05) is 50.8 Å². The van der Waals surface area contributed by atoms with Gasteiger partial charge in [-0.05, 0) is 31.0 Å². The van der Waals surface area contributed by atoms with E-state index < -0.39 is 0 Å². The van der Waals surface area contributed by atoms with Crippen LogP contribution in [-0.2, 0) is 16.1 Å². The molecule has 0 bridgehead atoms. The van der Waals surface area contributed by atoms with E-state index in [1.807, 2.05) is 0 Å². The molecule has 0 spiro atoms. The summed E-state index contributed by atoms with van der Waals surface area (Å²) in [6, 6.07) is 8.95. The fourth-order valence-electron chi connectivity index (χ4n) is 4.20. The van der Waals surface area contributed by atoms with Crippen LogP contribution in [0.3, 0.4) is 0 Å². The summed E-state index contributed by atoms with van der Waals surface area (Å²) < 4.78 is 5.39. The highest BCUT2D eigenvalue weighted by atomic mass is 16.5. The van der Waals surface area contributed by atoms with E-state index in [1.165, 1.54) is 18.4 Å². The Balaban J connectivity index is 1.48. The number of carbonyl (C=O) groups is 1. The van der Waals surface area contributed by atoms with E-state index in [4.69, 9.17) is 4.74 Å².